The van der Waals surface area contributed by atoms with Crippen molar-refractivity contribution in [2.75, 3.05) is 7.05 Å². The Hall–Kier alpha value is -1.78. The Morgan fingerprint density at radius 2 is 2.05 bits per heavy atom. The monoisotopic (exact) mass is 259 g/mol. The van der Waals surface area contributed by atoms with Crippen molar-refractivity contribution in [2.45, 2.75) is 19.6 Å². The molecule has 100 valence electrons. The number of rotatable bonds is 5. The van der Waals surface area contributed by atoms with E-state index in [1.54, 1.807) is 12.3 Å². The third-order valence-corrected chi connectivity index (χ3v) is 2.96. The summed E-state index contributed by atoms with van der Waals surface area (Å²) >= 11 is 0. The van der Waals surface area contributed by atoms with Crippen LogP contribution < -0.4 is 5.73 Å². The summed E-state index contributed by atoms with van der Waals surface area (Å²) in [5.74, 6) is -0.185. The SMILES string of the molecule is CN(Cc1cccnc1)Cc1cc(CN)ccc1F. The van der Waals surface area contributed by atoms with E-state index in [1.165, 1.54) is 6.07 Å². The van der Waals surface area contributed by atoms with Crippen molar-refractivity contribution in [2.24, 2.45) is 5.73 Å². The van der Waals surface area contributed by atoms with Gasteiger partial charge < -0.3 is 5.73 Å². The number of pyridine rings is 1. The van der Waals surface area contributed by atoms with Crippen molar-refractivity contribution in [3.63, 3.8) is 0 Å². The van der Waals surface area contributed by atoms with Gasteiger partial charge in [-0.3, -0.25) is 9.88 Å². The third-order valence-electron chi connectivity index (χ3n) is 2.96. The Labute approximate surface area is 112 Å². The molecule has 0 unspecified atom stereocenters. The zero-order chi connectivity index (χ0) is 13.7. The third kappa shape index (κ3) is 3.84. The summed E-state index contributed by atoms with van der Waals surface area (Å²) in [5.41, 5.74) is 8.32. The lowest BCUT2D eigenvalue weighted by atomic mass is 10.1. The Morgan fingerprint density at radius 1 is 1.21 bits per heavy atom. The van der Waals surface area contributed by atoms with Crippen LogP contribution in [0.5, 0.6) is 0 Å². The van der Waals surface area contributed by atoms with Crippen molar-refractivity contribution in [1.29, 1.82) is 0 Å². The topological polar surface area (TPSA) is 42.2 Å². The van der Waals surface area contributed by atoms with Gasteiger partial charge in [0.1, 0.15) is 5.82 Å². The van der Waals surface area contributed by atoms with Crippen LogP contribution in [-0.2, 0) is 19.6 Å². The molecular weight excluding hydrogens is 241 g/mol. The van der Waals surface area contributed by atoms with E-state index in [4.69, 9.17) is 5.73 Å². The van der Waals surface area contributed by atoms with E-state index in [0.717, 1.165) is 17.7 Å². The minimum absolute atomic E-state index is 0.185. The first-order chi connectivity index (χ1) is 9.19. The fourth-order valence-corrected chi connectivity index (χ4v) is 2.03. The molecule has 1 aromatic carbocycles. The lowest BCUT2D eigenvalue weighted by Gasteiger charge is -2.17. The lowest BCUT2D eigenvalue weighted by molar-refractivity contribution is 0.313. The zero-order valence-corrected chi connectivity index (χ0v) is 11.0. The van der Waals surface area contributed by atoms with Crippen LogP contribution in [0, 0.1) is 5.82 Å². The summed E-state index contributed by atoms with van der Waals surface area (Å²) in [6.07, 6.45) is 3.57. The highest BCUT2D eigenvalue weighted by molar-refractivity contribution is 5.25. The molecule has 2 aromatic rings. The van der Waals surface area contributed by atoms with Crippen molar-refractivity contribution in [1.82, 2.24) is 9.88 Å². The van der Waals surface area contributed by atoms with Crippen LogP contribution >= 0.6 is 0 Å². The van der Waals surface area contributed by atoms with Gasteiger partial charge in [-0.2, -0.15) is 0 Å². The maximum absolute atomic E-state index is 13.7. The molecular formula is C15H18FN3. The van der Waals surface area contributed by atoms with Gasteiger partial charge in [0.25, 0.3) is 0 Å². The van der Waals surface area contributed by atoms with E-state index >= 15 is 0 Å². The van der Waals surface area contributed by atoms with Crippen molar-refractivity contribution >= 4 is 0 Å². The molecule has 0 fully saturated rings. The van der Waals surface area contributed by atoms with Crippen molar-refractivity contribution in [3.05, 3.63) is 65.2 Å². The van der Waals surface area contributed by atoms with Gasteiger partial charge in [-0.25, -0.2) is 4.39 Å². The summed E-state index contributed by atoms with van der Waals surface area (Å²) in [6.45, 7) is 1.72. The molecule has 0 aliphatic carbocycles. The highest BCUT2D eigenvalue weighted by Crippen LogP contribution is 2.13. The van der Waals surface area contributed by atoms with Gasteiger partial charge in [-0.1, -0.05) is 18.2 Å². The Balaban J connectivity index is 2.04. The first-order valence-corrected chi connectivity index (χ1v) is 6.24. The van der Waals surface area contributed by atoms with E-state index in [-0.39, 0.29) is 5.82 Å². The Kier molecular flexibility index (Phi) is 4.60. The molecule has 3 nitrogen and oxygen atoms in total. The average Bonchev–Trinajstić information content (AvgIpc) is 2.42. The Morgan fingerprint density at radius 3 is 2.74 bits per heavy atom. The molecule has 0 spiro atoms. The number of nitrogens with two attached hydrogens (primary N) is 1. The standard InChI is InChI=1S/C15H18FN3/c1-19(10-13-3-2-6-18-9-13)11-14-7-12(8-17)4-5-15(14)16/h2-7,9H,8,10-11,17H2,1H3. The summed E-state index contributed by atoms with van der Waals surface area (Å²) in [7, 11) is 1.96. The van der Waals surface area contributed by atoms with Crippen LogP contribution in [0.25, 0.3) is 0 Å². The molecule has 0 aliphatic rings. The fourth-order valence-electron chi connectivity index (χ4n) is 2.03. The second-order valence-electron chi connectivity index (χ2n) is 4.66. The molecule has 0 bridgehead atoms. The number of hydrogen-bond donors (Lipinski definition) is 1. The van der Waals surface area contributed by atoms with Gasteiger partial charge in [0, 0.05) is 37.6 Å². The van der Waals surface area contributed by atoms with Gasteiger partial charge >= 0.3 is 0 Å². The van der Waals surface area contributed by atoms with E-state index in [9.17, 15) is 4.39 Å². The second kappa shape index (κ2) is 6.41. The average molecular weight is 259 g/mol. The van der Waals surface area contributed by atoms with E-state index in [0.29, 0.717) is 18.7 Å². The molecule has 0 amide bonds. The predicted molar refractivity (Wildman–Crippen MR) is 73.7 cm³/mol. The van der Waals surface area contributed by atoms with Crippen LogP contribution in [0.15, 0.2) is 42.7 Å². The summed E-state index contributed by atoms with van der Waals surface area (Å²) < 4.78 is 13.7. The lowest BCUT2D eigenvalue weighted by Crippen LogP contribution is -2.18. The zero-order valence-electron chi connectivity index (χ0n) is 11.0. The van der Waals surface area contributed by atoms with Crippen molar-refractivity contribution < 1.29 is 4.39 Å². The number of nitrogens with zero attached hydrogens (tertiary/aromatic N) is 2. The maximum atomic E-state index is 13.7. The first-order valence-electron chi connectivity index (χ1n) is 6.24. The molecule has 0 atom stereocenters. The quantitative estimate of drug-likeness (QED) is 0.896. The maximum Gasteiger partial charge on any atom is 0.127 e. The highest BCUT2D eigenvalue weighted by atomic mass is 19.1. The molecule has 0 saturated heterocycles. The molecule has 2 N–H and O–H groups in total. The summed E-state index contributed by atoms with van der Waals surface area (Å²) in [4.78, 5) is 6.12. The molecule has 0 radical (unpaired) electrons. The van der Waals surface area contributed by atoms with E-state index in [1.807, 2.05) is 31.4 Å². The minimum atomic E-state index is -0.185. The molecule has 0 aliphatic heterocycles. The first kappa shape index (κ1) is 13.6. The van der Waals surface area contributed by atoms with Crippen LogP contribution in [0.2, 0.25) is 0 Å². The van der Waals surface area contributed by atoms with E-state index in [2.05, 4.69) is 9.88 Å². The molecule has 19 heavy (non-hydrogen) atoms. The van der Waals surface area contributed by atoms with Gasteiger partial charge in [0.05, 0.1) is 0 Å². The predicted octanol–water partition coefficient (Wildman–Crippen LogP) is 2.31. The van der Waals surface area contributed by atoms with Crippen LogP contribution in [0.1, 0.15) is 16.7 Å². The summed E-state index contributed by atoms with van der Waals surface area (Å²) in [6, 6.07) is 8.94. The van der Waals surface area contributed by atoms with Gasteiger partial charge in [0.2, 0.25) is 0 Å². The smallest absolute Gasteiger partial charge is 0.127 e. The van der Waals surface area contributed by atoms with Gasteiger partial charge in [0.15, 0.2) is 0 Å². The molecule has 4 heteroatoms. The molecule has 1 aromatic heterocycles. The normalized spacial score (nSPS) is 10.9. The number of hydrogen-bond acceptors (Lipinski definition) is 3. The molecule has 0 saturated carbocycles. The summed E-state index contributed by atoms with van der Waals surface area (Å²) in [5, 5.41) is 0. The number of aromatic nitrogens is 1. The van der Waals surface area contributed by atoms with Crippen LogP contribution in [0.3, 0.4) is 0 Å². The molecule has 1 heterocycles. The Bertz CT molecular complexity index is 528. The molecule has 2 rings (SSSR count). The van der Waals surface area contributed by atoms with E-state index < -0.39 is 0 Å². The van der Waals surface area contributed by atoms with Crippen molar-refractivity contribution in [3.8, 4) is 0 Å². The van der Waals surface area contributed by atoms with Crippen LogP contribution in [0.4, 0.5) is 4.39 Å². The second-order valence-corrected chi connectivity index (χ2v) is 4.66. The minimum Gasteiger partial charge on any atom is -0.326 e. The highest BCUT2D eigenvalue weighted by Gasteiger charge is 2.07. The number of halogens is 1. The van der Waals surface area contributed by atoms with Gasteiger partial charge in [-0.05, 0) is 30.3 Å². The largest absolute Gasteiger partial charge is 0.326 e. The van der Waals surface area contributed by atoms with Gasteiger partial charge in [-0.15, -0.1) is 0 Å². The number of benzene rings is 1. The fraction of sp³-hybridized carbons (Fsp3) is 0.267. The van der Waals surface area contributed by atoms with Crippen LogP contribution in [-0.4, -0.2) is 16.9 Å².